The fourth-order valence-corrected chi connectivity index (χ4v) is 9.29. The monoisotopic (exact) mass is 742 g/mol. The Labute approximate surface area is 313 Å². The van der Waals surface area contributed by atoms with Crippen molar-refractivity contribution in [2.45, 2.75) is 199 Å². The molecular formula is C40H71NO11. The van der Waals surface area contributed by atoms with Crippen molar-refractivity contribution in [2.75, 3.05) is 21.3 Å². The summed E-state index contributed by atoms with van der Waals surface area (Å²) in [4.78, 5) is 16.5. The molecule has 4 rings (SSSR count). The van der Waals surface area contributed by atoms with Gasteiger partial charge in [0.2, 0.25) is 0 Å². The summed E-state index contributed by atoms with van der Waals surface area (Å²) in [6.07, 6.45) is -3.68. The number of hydrogen-bond donors (Lipinski definition) is 2. The second kappa shape index (κ2) is 16.8. The molecule has 0 aromatic heterocycles. The lowest BCUT2D eigenvalue weighted by Crippen LogP contribution is -2.60. The van der Waals surface area contributed by atoms with Crippen LogP contribution in [0.5, 0.6) is 0 Å². The summed E-state index contributed by atoms with van der Waals surface area (Å²) in [7, 11) is 5.23. The first-order valence-electron chi connectivity index (χ1n) is 19.5. The molecule has 0 saturated carbocycles. The first-order chi connectivity index (χ1) is 24.1. The molecule has 2 bridgehead atoms. The molecule has 0 amide bonds. The Hall–Kier alpha value is -1.35. The summed E-state index contributed by atoms with van der Waals surface area (Å²) in [5.41, 5.74) is -1.76. The summed E-state index contributed by atoms with van der Waals surface area (Å²) in [6, 6.07) is -0.0120. The molecule has 12 heteroatoms. The first kappa shape index (κ1) is 43.4. The lowest BCUT2D eigenvalue weighted by atomic mass is 9.78. The fourth-order valence-electron chi connectivity index (χ4n) is 9.29. The van der Waals surface area contributed by atoms with Gasteiger partial charge in [-0.15, -0.1) is 0 Å². The van der Waals surface area contributed by atoms with Gasteiger partial charge in [-0.1, -0.05) is 20.8 Å². The maximum atomic E-state index is 14.3. The Balaban J connectivity index is 1.85. The number of carbonyl (C=O) groups is 1. The van der Waals surface area contributed by atoms with Gasteiger partial charge >= 0.3 is 5.97 Å². The molecule has 16 atom stereocenters. The SMILES string of the molecule is CC[C@H]1OC(=O)[C@H](C)[C@@H](O[C@H]2C[C@@](C)(OC)C[C@H](C)O2)[C@H](C)[C@@H](O[C@@H]2O[C@H](C)C[C@H](N(C)C(C)C)[C@H]2O)[C@@]2(C)CC(C)=C(O2)[C@H](C)[C@@H](O)[C@]1(C)OC. The zero-order valence-electron chi connectivity index (χ0n) is 34.6. The fraction of sp³-hybridized carbons (Fsp3) is 0.925. The number of methoxy groups -OCH3 is 2. The van der Waals surface area contributed by atoms with Crippen LogP contribution in [0.15, 0.2) is 11.3 Å². The van der Waals surface area contributed by atoms with E-state index in [0.717, 1.165) is 5.57 Å². The van der Waals surface area contributed by atoms with Gasteiger partial charge in [-0.3, -0.25) is 9.69 Å². The topological polar surface area (TPSA) is 135 Å². The minimum atomic E-state index is -1.25. The number of likely N-dealkylation sites (N-methyl/N-ethyl adjacent to an activating group) is 1. The Kier molecular flexibility index (Phi) is 14.0. The number of aliphatic hydroxyl groups is 2. The standard InChI is InChI=1S/C40H71NO11/c1-16-29-40(12,46-15)34(43)25(7)32-22(4)18-39(11,52-32)35(51-37-31(42)28(17-23(5)48-37)41(13)21(2)3)26(8)33(27(9)36(44)49-29)50-30-20-38(10,45-14)19-24(6)47-30/h21,23-31,33-35,37,42-43H,16-20H2,1-15H3/t23-,24+,25+,26+,27-,28+,29-,30+,31-,33+,34-,35-,37+,38+,39-,40-/m1/s1. The van der Waals surface area contributed by atoms with Crippen molar-refractivity contribution in [2.24, 2.45) is 17.8 Å². The molecular weight excluding hydrogens is 670 g/mol. The van der Waals surface area contributed by atoms with Crippen molar-refractivity contribution >= 4 is 5.97 Å². The third-order valence-electron chi connectivity index (χ3n) is 12.8. The van der Waals surface area contributed by atoms with Gasteiger partial charge in [0.15, 0.2) is 12.6 Å². The molecule has 2 N–H and O–H groups in total. The van der Waals surface area contributed by atoms with Crippen LogP contribution >= 0.6 is 0 Å². The van der Waals surface area contributed by atoms with E-state index in [-0.39, 0.29) is 24.3 Å². The van der Waals surface area contributed by atoms with Crippen molar-refractivity contribution < 1.29 is 52.9 Å². The Bertz CT molecular complexity index is 1250. The number of carbonyl (C=O) groups excluding carboxylic acids is 1. The molecule has 302 valence electrons. The van der Waals surface area contributed by atoms with Crippen LogP contribution in [0.1, 0.15) is 115 Å². The number of hydrogen-bond acceptors (Lipinski definition) is 12. The average molecular weight is 742 g/mol. The number of fused-ring (bicyclic) bond motifs is 2. The van der Waals surface area contributed by atoms with Gasteiger partial charge in [0.1, 0.15) is 35.3 Å². The van der Waals surface area contributed by atoms with Crippen LogP contribution in [0.4, 0.5) is 0 Å². The van der Waals surface area contributed by atoms with Gasteiger partial charge < -0.3 is 48.1 Å². The number of cyclic esters (lactones) is 1. The van der Waals surface area contributed by atoms with E-state index >= 15 is 0 Å². The molecule has 4 heterocycles. The van der Waals surface area contributed by atoms with Crippen molar-refractivity contribution in [3.8, 4) is 0 Å². The molecule has 4 aliphatic heterocycles. The quantitative estimate of drug-likeness (QED) is 0.295. The number of nitrogens with zero attached hydrogens (tertiary/aromatic N) is 1. The van der Waals surface area contributed by atoms with Crippen LogP contribution in [0.3, 0.4) is 0 Å². The van der Waals surface area contributed by atoms with E-state index in [1.165, 1.54) is 7.11 Å². The maximum Gasteiger partial charge on any atom is 0.311 e. The number of rotatable bonds is 9. The van der Waals surface area contributed by atoms with Gasteiger partial charge in [0.05, 0.1) is 35.9 Å². The predicted octanol–water partition coefficient (Wildman–Crippen LogP) is 5.35. The Morgan fingerprint density at radius 3 is 2.17 bits per heavy atom. The van der Waals surface area contributed by atoms with Gasteiger partial charge in [-0.2, -0.15) is 0 Å². The van der Waals surface area contributed by atoms with E-state index in [2.05, 4.69) is 18.7 Å². The molecule has 0 spiro atoms. The zero-order valence-corrected chi connectivity index (χ0v) is 34.6. The van der Waals surface area contributed by atoms with Crippen molar-refractivity contribution in [3.63, 3.8) is 0 Å². The van der Waals surface area contributed by atoms with Gasteiger partial charge in [0.25, 0.3) is 0 Å². The second-order valence-electron chi connectivity index (χ2n) is 17.3. The summed E-state index contributed by atoms with van der Waals surface area (Å²) < 4.78 is 51.9. The Morgan fingerprint density at radius 1 is 0.942 bits per heavy atom. The van der Waals surface area contributed by atoms with E-state index in [1.54, 1.807) is 21.0 Å². The highest BCUT2D eigenvalue weighted by molar-refractivity contribution is 5.73. The normalized spacial score (nSPS) is 46.8. The highest BCUT2D eigenvalue weighted by Crippen LogP contribution is 2.48. The van der Waals surface area contributed by atoms with Gasteiger partial charge in [0, 0.05) is 57.4 Å². The maximum absolute atomic E-state index is 14.3. The van der Waals surface area contributed by atoms with E-state index in [0.29, 0.717) is 37.9 Å². The lowest BCUT2D eigenvalue weighted by molar-refractivity contribution is -0.309. The molecule has 3 fully saturated rings. The number of aliphatic hydroxyl groups excluding tert-OH is 2. The van der Waals surface area contributed by atoms with Crippen LogP contribution in [0.25, 0.3) is 0 Å². The molecule has 0 aromatic rings. The highest BCUT2D eigenvalue weighted by Gasteiger charge is 2.56. The molecule has 52 heavy (non-hydrogen) atoms. The predicted molar refractivity (Wildman–Crippen MR) is 196 cm³/mol. The third kappa shape index (κ3) is 8.70. The Morgan fingerprint density at radius 2 is 1.60 bits per heavy atom. The molecule has 3 saturated heterocycles. The molecule has 4 aliphatic rings. The molecule has 0 radical (unpaired) electrons. The minimum Gasteiger partial charge on any atom is -0.489 e. The van der Waals surface area contributed by atoms with Crippen molar-refractivity contribution in [1.29, 1.82) is 0 Å². The largest absolute Gasteiger partial charge is 0.489 e. The van der Waals surface area contributed by atoms with Gasteiger partial charge in [-0.25, -0.2) is 0 Å². The second-order valence-corrected chi connectivity index (χ2v) is 17.3. The minimum absolute atomic E-state index is 0.148. The zero-order chi connectivity index (χ0) is 39.1. The molecule has 12 nitrogen and oxygen atoms in total. The lowest BCUT2D eigenvalue weighted by Gasteiger charge is -2.48. The van der Waals surface area contributed by atoms with Crippen LogP contribution in [-0.4, -0.2) is 127 Å². The highest BCUT2D eigenvalue weighted by atomic mass is 16.7. The number of ether oxygens (including phenoxy) is 8. The summed E-state index contributed by atoms with van der Waals surface area (Å²) >= 11 is 0. The van der Waals surface area contributed by atoms with E-state index < -0.39 is 83.6 Å². The smallest absolute Gasteiger partial charge is 0.311 e. The van der Waals surface area contributed by atoms with Crippen molar-refractivity contribution in [3.05, 3.63) is 11.3 Å². The van der Waals surface area contributed by atoms with Crippen LogP contribution in [0, 0.1) is 17.8 Å². The van der Waals surface area contributed by atoms with Crippen LogP contribution in [-0.2, 0) is 42.7 Å². The average Bonchev–Trinajstić information content (AvgIpc) is 3.40. The summed E-state index contributed by atoms with van der Waals surface area (Å²) in [5.74, 6) is -1.68. The van der Waals surface area contributed by atoms with Crippen LogP contribution < -0.4 is 0 Å². The van der Waals surface area contributed by atoms with E-state index in [9.17, 15) is 15.0 Å². The molecule has 0 aliphatic carbocycles. The summed E-state index contributed by atoms with van der Waals surface area (Å²) in [5, 5.41) is 23.8. The third-order valence-corrected chi connectivity index (χ3v) is 12.8. The van der Waals surface area contributed by atoms with Gasteiger partial charge in [-0.05, 0) is 87.8 Å². The van der Waals surface area contributed by atoms with E-state index in [4.69, 9.17) is 37.9 Å². The van der Waals surface area contributed by atoms with E-state index in [1.807, 2.05) is 62.4 Å². The van der Waals surface area contributed by atoms with Crippen molar-refractivity contribution in [1.82, 2.24) is 4.90 Å². The molecule has 0 aromatic carbocycles. The van der Waals surface area contributed by atoms with Crippen LogP contribution in [0.2, 0.25) is 0 Å². The molecule has 0 unspecified atom stereocenters. The first-order valence-corrected chi connectivity index (χ1v) is 19.5. The summed E-state index contributed by atoms with van der Waals surface area (Å²) in [6.45, 7) is 23.6. The number of esters is 1.